The van der Waals surface area contributed by atoms with E-state index in [2.05, 4.69) is 16.0 Å². The topological polar surface area (TPSA) is 123 Å². The first-order valence-corrected chi connectivity index (χ1v) is 11.0. The lowest BCUT2D eigenvalue weighted by molar-refractivity contribution is -0.118. The summed E-state index contributed by atoms with van der Waals surface area (Å²) in [6.07, 6.45) is 0.820. The van der Waals surface area contributed by atoms with Crippen LogP contribution in [0.3, 0.4) is 0 Å². The molecule has 3 amide bonds. The molecule has 2 atom stereocenters. The number of anilines is 1. The minimum absolute atomic E-state index is 0.0674. The Morgan fingerprint density at radius 2 is 1.96 bits per heavy atom. The Morgan fingerprint density at radius 1 is 1.21 bits per heavy atom. The van der Waals surface area contributed by atoms with Crippen LogP contribution >= 0.6 is 0 Å². The Morgan fingerprint density at radius 3 is 2.64 bits per heavy atom. The van der Waals surface area contributed by atoms with Gasteiger partial charge in [-0.2, -0.15) is 0 Å². The molecular weight excluding hydrogens is 386 g/mol. The lowest BCUT2D eigenvalue weighted by Crippen LogP contribution is -2.51. The average Bonchev–Trinajstić information content (AvgIpc) is 3.19. The third kappa shape index (κ3) is 5.28. The molecule has 0 radical (unpaired) electrons. The largest absolute Gasteiger partial charge is 0.454 e. The van der Waals surface area contributed by atoms with Gasteiger partial charge in [-0.3, -0.25) is 4.79 Å². The SMILES string of the molecule is CC(C)C[C@H](NC(=O)NC1CCS(=O)(=O)C1)C(=O)Nc1ccc2c(c1)OCO2. The van der Waals surface area contributed by atoms with E-state index < -0.39 is 28.0 Å². The molecule has 1 unspecified atom stereocenters. The molecule has 3 N–H and O–H groups in total. The Bertz CT molecular complexity index is 855. The second kappa shape index (κ2) is 8.26. The zero-order valence-electron chi connectivity index (χ0n) is 15.9. The number of carbonyl (C=O) groups is 2. The van der Waals surface area contributed by atoms with Crippen molar-refractivity contribution in [1.29, 1.82) is 0 Å². The first-order chi connectivity index (χ1) is 13.2. The Balaban J connectivity index is 1.60. The summed E-state index contributed by atoms with van der Waals surface area (Å²) in [6.45, 7) is 4.04. The highest BCUT2D eigenvalue weighted by Gasteiger charge is 2.30. The summed E-state index contributed by atoms with van der Waals surface area (Å²) >= 11 is 0. The quantitative estimate of drug-likeness (QED) is 0.648. The Hall–Kier alpha value is -2.49. The van der Waals surface area contributed by atoms with E-state index in [4.69, 9.17) is 9.47 Å². The highest BCUT2D eigenvalue weighted by molar-refractivity contribution is 7.91. The first-order valence-electron chi connectivity index (χ1n) is 9.20. The summed E-state index contributed by atoms with van der Waals surface area (Å²) in [6, 6.07) is 3.33. The van der Waals surface area contributed by atoms with Crippen LogP contribution in [0, 0.1) is 5.92 Å². The molecule has 0 aliphatic carbocycles. The van der Waals surface area contributed by atoms with Crippen molar-refractivity contribution in [3.63, 3.8) is 0 Å². The maximum Gasteiger partial charge on any atom is 0.315 e. The molecule has 1 aromatic rings. The second-order valence-electron chi connectivity index (χ2n) is 7.46. The van der Waals surface area contributed by atoms with Gasteiger partial charge in [-0.15, -0.1) is 0 Å². The molecule has 154 valence electrons. The summed E-state index contributed by atoms with van der Waals surface area (Å²) in [7, 11) is -3.09. The maximum atomic E-state index is 12.7. The predicted molar refractivity (Wildman–Crippen MR) is 103 cm³/mol. The molecule has 10 heteroatoms. The van der Waals surface area contributed by atoms with Crippen LogP contribution in [0.5, 0.6) is 11.5 Å². The van der Waals surface area contributed by atoms with Gasteiger partial charge < -0.3 is 25.4 Å². The van der Waals surface area contributed by atoms with E-state index in [1.807, 2.05) is 13.8 Å². The van der Waals surface area contributed by atoms with Crippen molar-refractivity contribution >= 4 is 27.5 Å². The predicted octanol–water partition coefficient (Wildman–Crippen LogP) is 1.25. The molecule has 3 rings (SSSR count). The Kier molecular flexibility index (Phi) is 5.97. The van der Waals surface area contributed by atoms with Gasteiger partial charge in [0.2, 0.25) is 12.7 Å². The Labute approximate surface area is 164 Å². The van der Waals surface area contributed by atoms with E-state index in [1.54, 1.807) is 18.2 Å². The van der Waals surface area contributed by atoms with E-state index >= 15 is 0 Å². The standard InChI is InChI=1S/C18H25N3O6S/c1-11(2)7-14(21-18(23)20-13-5-6-28(24,25)9-13)17(22)19-12-3-4-15-16(8-12)27-10-26-15/h3-4,8,11,13-14H,5-7,9-10H2,1-2H3,(H,19,22)(H2,20,21,23)/t13?,14-/m0/s1. The zero-order valence-corrected chi connectivity index (χ0v) is 16.7. The molecule has 1 fully saturated rings. The fraction of sp³-hybridized carbons (Fsp3) is 0.556. The van der Waals surface area contributed by atoms with Crippen LogP contribution in [0.25, 0.3) is 0 Å². The van der Waals surface area contributed by atoms with Gasteiger partial charge in [-0.05, 0) is 30.9 Å². The van der Waals surface area contributed by atoms with Gasteiger partial charge in [0.05, 0.1) is 11.5 Å². The van der Waals surface area contributed by atoms with Crippen molar-refractivity contribution in [2.45, 2.75) is 38.8 Å². The molecule has 1 saturated heterocycles. The minimum Gasteiger partial charge on any atom is -0.454 e. The molecule has 2 heterocycles. The van der Waals surface area contributed by atoms with Gasteiger partial charge in [0.1, 0.15) is 6.04 Å². The number of nitrogens with one attached hydrogen (secondary N) is 3. The van der Waals surface area contributed by atoms with Crippen molar-refractivity contribution in [3.05, 3.63) is 18.2 Å². The summed E-state index contributed by atoms with van der Waals surface area (Å²) < 4.78 is 33.6. The number of hydrogen-bond acceptors (Lipinski definition) is 6. The van der Waals surface area contributed by atoms with E-state index in [-0.39, 0.29) is 30.1 Å². The van der Waals surface area contributed by atoms with Crippen LogP contribution in [0.2, 0.25) is 0 Å². The maximum absolute atomic E-state index is 12.7. The molecule has 0 bridgehead atoms. The molecule has 1 aromatic carbocycles. The number of sulfone groups is 1. The molecule has 28 heavy (non-hydrogen) atoms. The van der Waals surface area contributed by atoms with Gasteiger partial charge in [0, 0.05) is 17.8 Å². The van der Waals surface area contributed by atoms with Gasteiger partial charge in [0.15, 0.2) is 21.3 Å². The van der Waals surface area contributed by atoms with Crippen LogP contribution in [-0.4, -0.2) is 50.7 Å². The van der Waals surface area contributed by atoms with Crippen molar-refractivity contribution < 1.29 is 27.5 Å². The highest BCUT2D eigenvalue weighted by atomic mass is 32.2. The summed E-state index contributed by atoms with van der Waals surface area (Å²) in [5.41, 5.74) is 0.534. The number of fused-ring (bicyclic) bond motifs is 1. The zero-order chi connectivity index (χ0) is 20.3. The number of hydrogen-bond donors (Lipinski definition) is 3. The van der Waals surface area contributed by atoms with Gasteiger partial charge >= 0.3 is 6.03 Å². The number of ether oxygens (including phenoxy) is 2. The molecule has 0 saturated carbocycles. The fourth-order valence-electron chi connectivity index (χ4n) is 3.20. The van der Waals surface area contributed by atoms with Crippen molar-refractivity contribution in [1.82, 2.24) is 10.6 Å². The molecular formula is C18H25N3O6S. The lowest BCUT2D eigenvalue weighted by atomic mass is 10.0. The fourth-order valence-corrected chi connectivity index (χ4v) is 4.87. The van der Waals surface area contributed by atoms with Crippen LogP contribution in [-0.2, 0) is 14.6 Å². The van der Waals surface area contributed by atoms with E-state index in [0.29, 0.717) is 30.0 Å². The number of carbonyl (C=O) groups excluding carboxylic acids is 2. The smallest absolute Gasteiger partial charge is 0.315 e. The second-order valence-corrected chi connectivity index (χ2v) is 9.69. The summed E-state index contributed by atoms with van der Waals surface area (Å²) in [5, 5.41) is 8.08. The molecule has 0 spiro atoms. The third-order valence-corrected chi connectivity index (χ3v) is 6.30. The van der Waals surface area contributed by atoms with Crippen LogP contribution in [0.15, 0.2) is 18.2 Å². The normalized spacial score (nSPS) is 20.6. The minimum atomic E-state index is -3.09. The van der Waals surface area contributed by atoms with Gasteiger partial charge in [-0.25, -0.2) is 13.2 Å². The van der Waals surface area contributed by atoms with E-state index in [9.17, 15) is 18.0 Å². The first kappa shape index (κ1) is 20.2. The summed E-state index contributed by atoms with van der Waals surface area (Å²) in [5.74, 6) is 0.963. The van der Waals surface area contributed by atoms with Crippen molar-refractivity contribution in [2.24, 2.45) is 5.92 Å². The highest BCUT2D eigenvalue weighted by Crippen LogP contribution is 2.34. The molecule has 2 aliphatic rings. The lowest BCUT2D eigenvalue weighted by Gasteiger charge is -2.21. The van der Waals surface area contributed by atoms with Crippen molar-refractivity contribution in [3.8, 4) is 11.5 Å². The number of rotatable bonds is 6. The van der Waals surface area contributed by atoms with E-state index in [0.717, 1.165) is 0 Å². The van der Waals surface area contributed by atoms with E-state index in [1.165, 1.54) is 0 Å². The monoisotopic (exact) mass is 411 g/mol. The van der Waals surface area contributed by atoms with Crippen LogP contribution in [0.1, 0.15) is 26.7 Å². The molecule has 0 aromatic heterocycles. The number of amides is 3. The van der Waals surface area contributed by atoms with Gasteiger partial charge in [-0.1, -0.05) is 13.8 Å². The number of benzene rings is 1. The summed E-state index contributed by atoms with van der Waals surface area (Å²) in [4.78, 5) is 25.0. The van der Waals surface area contributed by atoms with Crippen LogP contribution < -0.4 is 25.4 Å². The molecule has 2 aliphatic heterocycles. The van der Waals surface area contributed by atoms with Gasteiger partial charge in [0.25, 0.3) is 0 Å². The van der Waals surface area contributed by atoms with Crippen molar-refractivity contribution in [2.75, 3.05) is 23.6 Å². The third-order valence-electron chi connectivity index (χ3n) is 4.54. The number of urea groups is 1. The average molecular weight is 411 g/mol. The van der Waals surface area contributed by atoms with Crippen LogP contribution in [0.4, 0.5) is 10.5 Å². The molecule has 9 nitrogen and oxygen atoms in total.